The molecule has 1 saturated heterocycles. The molecule has 3 aliphatic rings. The molecule has 0 radical (unpaired) electrons. The van der Waals surface area contributed by atoms with E-state index in [-0.39, 0.29) is 17.7 Å². The van der Waals surface area contributed by atoms with Crippen LogP contribution in [0.5, 0.6) is 5.75 Å². The summed E-state index contributed by atoms with van der Waals surface area (Å²) >= 11 is 0. The van der Waals surface area contributed by atoms with Crippen LogP contribution in [0.25, 0.3) is 0 Å². The largest absolute Gasteiger partial charge is 0.497 e. The average molecular weight is 575 g/mol. The van der Waals surface area contributed by atoms with Gasteiger partial charge in [-0.2, -0.15) is 0 Å². The summed E-state index contributed by atoms with van der Waals surface area (Å²) in [5, 5.41) is 3.34. The molecule has 3 amide bonds. The Labute approximate surface area is 237 Å². The first kappa shape index (κ1) is 29.9. The molecule has 1 aromatic rings. The van der Waals surface area contributed by atoms with Crippen LogP contribution in [0.3, 0.4) is 0 Å². The Bertz CT molecular complexity index is 1230. The Morgan fingerprint density at radius 1 is 1.23 bits per heavy atom. The van der Waals surface area contributed by atoms with Crippen LogP contribution in [0.1, 0.15) is 71.1 Å². The number of carbonyl (C=O) groups is 3. The summed E-state index contributed by atoms with van der Waals surface area (Å²) in [6.45, 7) is 2.20. The summed E-state index contributed by atoms with van der Waals surface area (Å²) in [4.78, 5) is 39.3. The minimum atomic E-state index is -3.58. The molecule has 2 saturated carbocycles. The number of primary amides is 1. The second kappa shape index (κ2) is 12.6. The fourth-order valence-electron chi connectivity index (χ4n) is 5.26. The second-order valence-corrected chi connectivity index (χ2v) is 13.7. The lowest BCUT2D eigenvalue weighted by atomic mass is 10.0. The zero-order valence-electron chi connectivity index (χ0n) is 23.4. The number of likely N-dealkylation sites (tertiary alicyclic amines) is 1. The minimum absolute atomic E-state index is 0.0925. The molecule has 2 aliphatic carbocycles. The Morgan fingerprint density at radius 2 is 2.00 bits per heavy atom. The van der Waals surface area contributed by atoms with E-state index in [1.54, 1.807) is 18.9 Å². The van der Waals surface area contributed by atoms with E-state index in [1.165, 1.54) is 0 Å². The molecular weight excluding hydrogens is 532 g/mol. The molecule has 40 heavy (non-hydrogen) atoms. The maximum absolute atomic E-state index is 13.4. The first-order chi connectivity index (χ1) is 19.0. The van der Waals surface area contributed by atoms with Gasteiger partial charge in [0, 0.05) is 24.2 Å². The van der Waals surface area contributed by atoms with E-state index in [2.05, 4.69) is 16.1 Å². The summed E-state index contributed by atoms with van der Waals surface area (Å²) in [5.74, 6) is -0.453. The zero-order valence-corrected chi connectivity index (χ0v) is 24.3. The van der Waals surface area contributed by atoms with E-state index in [4.69, 9.17) is 10.5 Å². The number of unbranched alkanes of at least 4 members (excludes halogenated alkanes) is 3. The molecule has 1 aliphatic heterocycles. The van der Waals surface area contributed by atoms with E-state index in [0.717, 1.165) is 37.8 Å². The lowest BCUT2D eigenvalue weighted by Crippen LogP contribution is -2.49. The zero-order chi connectivity index (χ0) is 28.9. The number of allylic oxidation sites excluding steroid dienone is 2. The SMILES string of the molecule is COc1cccc(N[C@@H](CCCCC/C=C\[C@@H]2C[C@@H]2C(=O)NS(=O)(=O)C2(C)CC2)C(=O)N2CCC[C@H]2C(N)=O)c1. The third kappa shape index (κ3) is 7.35. The lowest BCUT2D eigenvalue weighted by Gasteiger charge is -2.28. The summed E-state index contributed by atoms with van der Waals surface area (Å²) < 4.78 is 31.3. The summed E-state index contributed by atoms with van der Waals surface area (Å²) in [5.41, 5.74) is 6.33. The number of hydrogen-bond acceptors (Lipinski definition) is 7. The molecule has 0 bridgehead atoms. The van der Waals surface area contributed by atoms with Crippen molar-refractivity contribution in [2.24, 2.45) is 17.6 Å². The molecule has 4 atom stereocenters. The van der Waals surface area contributed by atoms with Crippen LogP contribution in [-0.2, 0) is 24.4 Å². The highest BCUT2D eigenvalue weighted by atomic mass is 32.2. The molecule has 11 heteroatoms. The van der Waals surface area contributed by atoms with Gasteiger partial charge in [-0.15, -0.1) is 0 Å². The minimum Gasteiger partial charge on any atom is -0.497 e. The third-order valence-corrected chi connectivity index (χ3v) is 10.5. The molecule has 3 fully saturated rings. The number of benzene rings is 1. The number of nitrogens with zero attached hydrogens (tertiary/aromatic N) is 1. The molecule has 0 spiro atoms. The molecular formula is C29H42N4O6S. The van der Waals surface area contributed by atoms with Gasteiger partial charge in [0.1, 0.15) is 17.8 Å². The number of rotatable bonds is 15. The van der Waals surface area contributed by atoms with E-state index in [0.29, 0.717) is 44.4 Å². The van der Waals surface area contributed by atoms with Crippen molar-refractivity contribution in [2.75, 3.05) is 19.0 Å². The molecule has 1 heterocycles. The van der Waals surface area contributed by atoms with Crippen LogP contribution in [0.2, 0.25) is 0 Å². The monoisotopic (exact) mass is 574 g/mol. The van der Waals surface area contributed by atoms with Gasteiger partial charge in [0.25, 0.3) is 0 Å². The van der Waals surface area contributed by atoms with Gasteiger partial charge in [0.2, 0.25) is 27.7 Å². The van der Waals surface area contributed by atoms with Crippen molar-refractivity contribution in [3.05, 3.63) is 36.4 Å². The fraction of sp³-hybridized carbons (Fsp3) is 0.621. The van der Waals surface area contributed by atoms with Gasteiger partial charge < -0.3 is 20.7 Å². The van der Waals surface area contributed by atoms with Crippen molar-refractivity contribution in [3.63, 3.8) is 0 Å². The number of nitrogens with one attached hydrogen (secondary N) is 2. The van der Waals surface area contributed by atoms with Crippen LogP contribution in [0, 0.1) is 11.8 Å². The number of hydrogen-bond donors (Lipinski definition) is 3. The number of amides is 3. The van der Waals surface area contributed by atoms with Gasteiger partial charge in [0.05, 0.1) is 11.9 Å². The predicted molar refractivity (Wildman–Crippen MR) is 153 cm³/mol. The van der Waals surface area contributed by atoms with E-state index in [9.17, 15) is 22.8 Å². The normalized spacial score (nSPS) is 23.9. The summed E-state index contributed by atoms with van der Waals surface area (Å²) in [6, 6.07) is 6.38. The van der Waals surface area contributed by atoms with Crippen LogP contribution in [0.4, 0.5) is 5.69 Å². The topological polar surface area (TPSA) is 148 Å². The quantitative estimate of drug-likeness (QED) is 0.215. The van der Waals surface area contributed by atoms with Crippen molar-refractivity contribution >= 4 is 33.4 Å². The number of methoxy groups -OCH3 is 1. The summed E-state index contributed by atoms with van der Waals surface area (Å²) in [6.07, 6.45) is 11.4. The Balaban J connectivity index is 1.22. The first-order valence-corrected chi connectivity index (χ1v) is 15.8. The Hall–Kier alpha value is -3.08. The van der Waals surface area contributed by atoms with Crippen LogP contribution < -0.4 is 20.5 Å². The van der Waals surface area contributed by atoms with Gasteiger partial charge in [-0.25, -0.2) is 8.42 Å². The van der Waals surface area contributed by atoms with Gasteiger partial charge in [-0.3, -0.25) is 19.1 Å². The smallest absolute Gasteiger partial charge is 0.245 e. The standard InChI is InChI=1S/C29H42N4O6S/c1-29(15-16-29)40(37,38)32-27(35)23-18-20(23)10-6-4-3-5-7-13-24(31-21-11-8-12-22(19-21)39-2)28(36)33-17-9-14-25(33)26(30)34/h6,8,10-12,19-20,23-25,31H,3-5,7,9,13-18H2,1-2H3,(H2,30,34)(H,32,35)/b10-6-/t20-,23+,24+,25+/m1/s1. The first-order valence-electron chi connectivity index (χ1n) is 14.3. The number of nitrogens with two attached hydrogens (primary N) is 1. The highest BCUT2D eigenvalue weighted by Gasteiger charge is 2.52. The number of sulfonamides is 1. The van der Waals surface area contributed by atoms with Crippen molar-refractivity contribution in [3.8, 4) is 5.75 Å². The van der Waals surface area contributed by atoms with Crippen LogP contribution in [-0.4, -0.2) is 61.5 Å². The fourth-order valence-corrected chi connectivity index (χ4v) is 6.56. The Kier molecular flexibility index (Phi) is 9.43. The molecule has 0 aromatic heterocycles. The van der Waals surface area contributed by atoms with Gasteiger partial charge in [-0.1, -0.05) is 31.1 Å². The highest BCUT2D eigenvalue weighted by Crippen LogP contribution is 2.44. The van der Waals surface area contributed by atoms with Crippen molar-refractivity contribution in [2.45, 2.75) is 88.0 Å². The van der Waals surface area contributed by atoms with Crippen molar-refractivity contribution in [1.82, 2.24) is 9.62 Å². The molecule has 10 nitrogen and oxygen atoms in total. The average Bonchev–Trinajstić information content (AvgIpc) is 3.82. The van der Waals surface area contributed by atoms with E-state index in [1.807, 2.05) is 30.3 Å². The van der Waals surface area contributed by atoms with Gasteiger partial charge in [0.15, 0.2) is 0 Å². The lowest BCUT2D eigenvalue weighted by molar-refractivity contribution is -0.138. The molecule has 220 valence electrons. The predicted octanol–water partition coefficient (Wildman–Crippen LogP) is 3.09. The summed E-state index contributed by atoms with van der Waals surface area (Å²) in [7, 11) is -1.99. The maximum atomic E-state index is 13.4. The number of anilines is 1. The van der Waals surface area contributed by atoms with E-state index < -0.39 is 38.7 Å². The number of carbonyl (C=O) groups excluding carboxylic acids is 3. The Morgan fingerprint density at radius 3 is 2.70 bits per heavy atom. The molecule has 1 aromatic carbocycles. The van der Waals surface area contributed by atoms with Crippen LogP contribution in [0.15, 0.2) is 36.4 Å². The van der Waals surface area contributed by atoms with Crippen molar-refractivity contribution in [1.29, 1.82) is 0 Å². The molecule has 0 unspecified atom stereocenters. The second-order valence-electron chi connectivity index (χ2n) is 11.5. The number of ether oxygens (including phenoxy) is 1. The molecule has 4 N–H and O–H groups in total. The van der Waals surface area contributed by atoms with E-state index >= 15 is 0 Å². The van der Waals surface area contributed by atoms with Gasteiger partial charge >= 0.3 is 0 Å². The van der Waals surface area contributed by atoms with Crippen molar-refractivity contribution < 1.29 is 27.5 Å². The molecule has 4 rings (SSSR count). The van der Waals surface area contributed by atoms with Gasteiger partial charge in [-0.05, 0) is 76.3 Å². The third-order valence-electron chi connectivity index (χ3n) is 8.33. The maximum Gasteiger partial charge on any atom is 0.245 e. The van der Waals surface area contributed by atoms with Crippen LogP contribution >= 0.6 is 0 Å². The highest BCUT2D eigenvalue weighted by molar-refractivity contribution is 7.91.